The van der Waals surface area contributed by atoms with E-state index in [1.807, 2.05) is 0 Å². The molecule has 2 rings (SSSR count). The number of fused-ring (bicyclic) bond motifs is 1. The molecule has 2 aromatic rings. The number of hydrogen-bond acceptors (Lipinski definition) is 1. The van der Waals surface area contributed by atoms with E-state index in [4.69, 9.17) is 4.98 Å². The Bertz CT molecular complexity index is 462. The molecule has 0 amide bonds. The van der Waals surface area contributed by atoms with E-state index in [0.29, 0.717) is 0 Å². The average Bonchev–Trinajstić information content (AvgIpc) is 2.66. The number of aryl methyl sites for hydroxylation is 2. The van der Waals surface area contributed by atoms with E-state index in [-0.39, 0.29) is 0 Å². The van der Waals surface area contributed by atoms with Crippen LogP contribution in [-0.4, -0.2) is 14.9 Å². The number of halogens is 1. The van der Waals surface area contributed by atoms with Gasteiger partial charge in [0, 0.05) is 18.3 Å². The van der Waals surface area contributed by atoms with E-state index in [0.717, 1.165) is 36.7 Å². The van der Waals surface area contributed by atoms with Crippen LogP contribution in [0, 0.1) is 0 Å². The van der Waals surface area contributed by atoms with Gasteiger partial charge in [-0.3, -0.25) is 0 Å². The molecule has 0 saturated heterocycles. The van der Waals surface area contributed by atoms with Gasteiger partial charge in [-0.05, 0) is 25.0 Å². The van der Waals surface area contributed by atoms with E-state index in [1.165, 1.54) is 11.3 Å². The Balaban J connectivity index is 2.41. The Hall–Kier alpha value is -0.830. The third kappa shape index (κ3) is 2.29. The Labute approximate surface area is 105 Å². The molecule has 2 nitrogen and oxygen atoms in total. The highest BCUT2D eigenvalue weighted by molar-refractivity contribution is 9.09. The van der Waals surface area contributed by atoms with E-state index in [1.54, 1.807) is 0 Å². The molecule has 86 valence electrons. The molecule has 1 aromatic heterocycles. The van der Waals surface area contributed by atoms with E-state index in [2.05, 4.69) is 51.7 Å². The summed E-state index contributed by atoms with van der Waals surface area (Å²) in [5.74, 6) is 1.22. The molecule has 0 saturated carbocycles. The van der Waals surface area contributed by atoms with Crippen LogP contribution < -0.4 is 0 Å². The van der Waals surface area contributed by atoms with Gasteiger partial charge in [-0.2, -0.15) is 0 Å². The van der Waals surface area contributed by atoms with Gasteiger partial charge in [-0.1, -0.05) is 35.0 Å². The number of benzene rings is 1. The number of nitrogens with zero attached hydrogens (tertiary/aromatic N) is 2. The van der Waals surface area contributed by atoms with Crippen molar-refractivity contribution in [2.45, 2.75) is 32.7 Å². The zero-order valence-corrected chi connectivity index (χ0v) is 11.2. The van der Waals surface area contributed by atoms with E-state index in [9.17, 15) is 0 Å². The van der Waals surface area contributed by atoms with Crippen molar-refractivity contribution in [1.82, 2.24) is 9.55 Å². The van der Waals surface area contributed by atoms with Gasteiger partial charge in [0.25, 0.3) is 0 Å². The minimum Gasteiger partial charge on any atom is -0.328 e. The summed E-state index contributed by atoms with van der Waals surface area (Å²) >= 11 is 3.48. The van der Waals surface area contributed by atoms with Gasteiger partial charge < -0.3 is 4.57 Å². The van der Waals surface area contributed by atoms with E-state index < -0.39 is 0 Å². The van der Waals surface area contributed by atoms with Crippen LogP contribution in [0.1, 0.15) is 25.6 Å². The molecule has 16 heavy (non-hydrogen) atoms. The molecule has 1 aromatic carbocycles. The molecule has 3 heteroatoms. The highest BCUT2D eigenvalue weighted by Gasteiger charge is 2.08. The molecule has 0 aliphatic carbocycles. The number of para-hydroxylation sites is 2. The van der Waals surface area contributed by atoms with Crippen molar-refractivity contribution >= 4 is 27.0 Å². The number of rotatable bonds is 5. The highest BCUT2D eigenvalue weighted by atomic mass is 79.9. The molecule has 1 heterocycles. The smallest absolute Gasteiger partial charge is 0.109 e. The first kappa shape index (κ1) is 11.6. The summed E-state index contributed by atoms with van der Waals surface area (Å²) in [7, 11) is 0. The Morgan fingerprint density at radius 3 is 2.88 bits per heavy atom. The largest absolute Gasteiger partial charge is 0.328 e. The number of alkyl halides is 1. The topological polar surface area (TPSA) is 17.8 Å². The lowest BCUT2D eigenvalue weighted by molar-refractivity contribution is 0.648. The molecule has 0 N–H and O–H groups in total. The zero-order valence-electron chi connectivity index (χ0n) is 9.62. The Kier molecular flexibility index (Phi) is 3.99. The third-order valence-corrected chi connectivity index (χ3v) is 3.28. The summed E-state index contributed by atoms with van der Waals surface area (Å²) < 4.78 is 2.36. The highest BCUT2D eigenvalue weighted by Crippen LogP contribution is 2.17. The number of aromatic nitrogens is 2. The maximum Gasteiger partial charge on any atom is 0.109 e. The van der Waals surface area contributed by atoms with Crippen molar-refractivity contribution in [1.29, 1.82) is 0 Å². The van der Waals surface area contributed by atoms with Gasteiger partial charge in [0.2, 0.25) is 0 Å². The first-order valence-electron chi connectivity index (χ1n) is 5.87. The van der Waals surface area contributed by atoms with Crippen molar-refractivity contribution in [2.75, 3.05) is 5.33 Å². The van der Waals surface area contributed by atoms with Crippen LogP contribution >= 0.6 is 15.9 Å². The first-order chi connectivity index (χ1) is 7.86. The van der Waals surface area contributed by atoms with Crippen LogP contribution in [0.15, 0.2) is 24.3 Å². The van der Waals surface area contributed by atoms with Gasteiger partial charge in [-0.25, -0.2) is 4.98 Å². The molecule has 0 fully saturated rings. The normalized spacial score (nSPS) is 11.1. The molecule has 0 aliphatic heterocycles. The Morgan fingerprint density at radius 1 is 1.31 bits per heavy atom. The molecule has 0 radical (unpaired) electrons. The lowest BCUT2D eigenvalue weighted by Gasteiger charge is -2.06. The van der Waals surface area contributed by atoms with Crippen LogP contribution in [-0.2, 0) is 13.0 Å². The number of imidazole rings is 1. The standard InChI is InChI=1S/C13H17BrN2/c1-2-10-16-12-7-4-3-6-11(12)15-13(16)8-5-9-14/h3-4,6-7H,2,5,8-10H2,1H3. The lowest BCUT2D eigenvalue weighted by atomic mass is 10.3. The van der Waals surface area contributed by atoms with Gasteiger partial charge in [0.1, 0.15) is 5.82 Å². The summed E-state index contributed by atoms with van der Waals surface area (Å²) in [6, 6.07) is 8.40. The first-order valence-corrected chi connectivity index (χ1v) is 6.99. The van der Waals surface area contributed by atoms with Crippen LogP contribution in [0.5, 0.6) is 0 Å². The second-order valence-corrected chi connectivity index (χ2v) is 4.75. The SMILES string of the molecule is CCCn1c(CCCBr)nc2ccccc21. The van der Waals surface area contributed by atoms with Gasteiger partial charge in [0.05, 0.1) is 11.0 Å². The summed E-state index contributed by atoms with van der Waals surface area (Å²) in [6.45, 7) is 3.28. The van der Waals surface area contributed by atoms with Gasteiger partial charge >= 0.3 is 0 Å². The monoisotopic (exact) mass is 280 g/mol. The second kappa shape index (κ2) is 5.48. The fourth-order valence-electron chi connectivity index (χ4n) is 2.01. The summed E-state index contributed by atoms with van der Waals surface area (Å²) in [4.78, 5) is 4.71. The second-order valence-electron chi connectivity index (χ2n) is 3.96. The molecule has 0 spiro atoms. The van der Waals surface area contributed by atoms with Crippen molar-refractivity contribution in [3.05, 3.63) is 30.1 Å². The van der Waals surface area contributed by atoms with Crippen LogP contribution in [0.4, 0.5) is 0 Å². The zero-order chi connectivity index (χ0) is 11.4. The van der Waals surface area contributed by atoms with Crippen LogP contribution in [0.25, 0.3) is 11.0 Å². The predicted molar refractivity (Wildman–Crippen MR) is 72.1 cm³/mol. The van der Waals surface area contributed by atoms with E-state index >= 15 is 0 Å². The molecule has 0 atom stereocenters. The maximum atomic E-state index is 4.71. The van der Waals surface area contributed by atoms with Gasteiger partial charge in [-0.15, -0.1) is 0 Å². The quantitative estimate of drug-likeness (QED) is 0.763. The van der Waals surface area contributed by atoms with Crippen LogP contribution in [0.2, 0.25) is 0 Å². The summed E-state index contributed by atoms with van der Waals surface area (Å²) in [6.07, 6.45) is 3.36. The van der Waals surface area contributed by atoms with Crippen molar-refractivity contribution in [3.63, 3.8) is 0 Å². The van der Waals surface area contributed by atoms with Crippen molar-refractivity contribution in [2.24, 2.45) is 0 Å². The predicted octanol–water partition coefficient (Wildman–Crippen LogP) is 3.77. The number of hydrogen-bond donors (Lipinski definition) is 0. The van der Waals surface area contributed by atoms with Gasteiger partial charge in [0.15, 0.2) is 0 Å². The Morgan fingerprint density at radius 2 is 2.12 bits per heavy atom. The fraction of sp³-hybridized carbons (Fsp3) is 0.462. The molecular weight excluding hydrogens is 264 g/mol. The minimum absolute atomic E-state index is 1.04. The van der Waals surface area contributed by atoms with Crippen LogP contribution in [0.3, 0.4) is 0 Å². The lowest BCUT2D eigenvalue weighted by Crippen LogP contribution is -2.03. The third-order valence-electron chi connectivity index (χ3n) is 2.71. The summed E-state index contributed by atoms with van der Waals surface area (Å²) in [5, 5.41) is 1.04. The fourth-order valence-corrected chi connectivity index (χ4v) is 2.29. The summed E-state index contributed by atoms with van der Waals surface area (Å²) in [5.41, 5.74) is 2.40. The molecular formula is C13H17BrN2. The minimum atomic E-state index is 1.04. The maximum absolute atomic E-state index is 4.71. The molecule has 0 bridgehead atoms. The van der Waals surface area contributed by atoms with Crippen molar-refractivity contribution in [3.8, 4) is 0 Å². The van der Waals surface area contributed by atoms with Crippen molar-refractivity contribution < 1.29 is 0 Å². The average molecular weight is 281 g/mol. The molecule has 0 unspecified atom stereocenters. The molecule has 0 aliphatic rings.